The van der Waals surface area contributed by atoms with Crippen molar-refractivity contribution in [2.75, 3.05) is 4.90 Å². The lowest BCUT2D eigenvalue weighted by Crippen LogP contribution is -2.21. The van der Waals surface area contributed by atoms with E-state index in [9.17, 15) is 0 Å². The van der Waals surface area contributed by atoms with E-state index in [-0.39, 0.29) is 10.8 Å². The molecule has 240 valence electrons. The minimum absolute atomic E-state index is 0.105. The van der Waals surface area contributed by atoms with E-state index in [1.807, 2.05) is 11.3 Å². The van der Waals surface area contributed by atoms with Crippen molar-refractivity contribution in [3.05, 3.63) is 174 Å². The van der Waals surface area contributed by atoms with E-state index in [4.69, 9.17) is 0 Å². The zero-order chi connectivity index (χ0) is 33.8. The molecule has 0 saturated carbocycles. The molecule has 0 radical (unpaired) electrons. The summed E-state index contributed by atoms with van der Waals surface area (Å²) in [4.78, 5) is 2.59. The van der Waals surface area contributed by atoms with Gasteiger partial charge in [-0.05, 0) is 80.9 Å². The van der Waals surface area contributed by atoms with E-state index in [2.05, 4.69) is 184 Å². The summed E-state index contributed by atoms with van der Waals surface area (Å²) in [5, 5.41) is 2.64. The highest BCUT2D eigenvalue weighted by molar-refractivity contribution is 7.25. The average Bonchev–Trinajstić information content (AvgIpc) is 3.72. The van der Waals surface area contributed by atoms with Crippen LogP contribution in [0.4, 0.5) is 17.1 Å². The van der Waals surface area contributed by atoms with Crippen molar-refractivity contribution in [1.29, 1.82) is 0 Å². The highest BCUT2D eigenvalue weighted by Crippen LogP contribution is 2.58. The number of fused-ring (bicyclic) bond motifs is 9. The molecule has 0 amide bonds. The van der Waals surface area contributed by atoms with Crippen LogP contribution in [0.25, 0.3) is 53.6 Å². The number of benzene rings is 7. The Balaban J connectivity index is 1.29. The normalized spacial score (nSPS) is 14.7. The van der Waals surface area contributed by atoms with Crippen LogP contribution in [-0.2, 0) is 10.8 Å². The summed E-state index contributed by atoms with van der Waals surface area (Å²) < 4.78 is 2.65. The van der Waals surface area contributed by atoms with E-state index >= 15 is 0 Å². The maximum atomic E-state index is 2.59. The molecule has 2 heteroatoms. The van der Waals surface area contributed by atoms with E-state index in [1.54, 1.807) is 0 Å². The second-order valence-electron chi connectivity index (χ2n) is 14.9. The van der Waals surface area contributed by atoms with Crippen LogP contribution in [0, 0.1) is 0 Å². The third kappa shape index (κ3) is 4.00. The lowest BCUT2D eigenvalue weighted by atomic mass is 9.81. The van der Waals surface area contributed by atoms with Crippen molar-refractivity contribution in [2.24, 2.45) is 0 Å². The van der Waals surface area contributed by atoms with Crippen LogP contribution in [-0.4, -0.2) is 0 Å². The predicted octanol–water partition coefficient (Wildman–Crippen LogP) is 13.8. The maximum absolute atomic E-state index is 2.59. The second-order valence-corrected chi connectivity index (χ2v) is 16.0. The summed E-state index contributed by atoms with van der Waals surface area (Å²) in [6.07, 6.45) is 0. The molecule has 1 aromatic heterocycles. The quantitative estimate of drug-likeness (QED) is 0.182. The number of thiophene rings is 1. The monoisotopic (exact) mass is 659 g/mol. The van der Waals surface area contributed by atoms with Gasteiger partial charge in [0, 0.05) is 42.1 Å². The first-order valence-electron chi connectivity index (χ1n) is 17.6. The SMILES string of the molecule is CC1(C)c2ccccc2-c2c(N(c3ccccc3-c3ccc4sc5ccccc5c4c3)c3cccc4c3C(C)(C)c3ccccc3-4)cccc21. The molecule has 0 fully saturated rings. The third-order valence-corrected chi connectivity index (χ3v) is 12.6. The number of para-hydroxylation sites is 1. The minimum atomic E-state index is -0.181. The molecule has 1 nitrogen and oxygen atoms in total. The maximum Gasteiger partial charge on any atom is 0.0543 e. The number of nitrogens with zero attached hydrogens (tertiary/aromatic N) is 1. The average molecular weight is 660 g/mol. The minimum Gasteiger partial charge on any atom is -0.309 e. The molecule has 2 aliphatic carbocycles. The summed E-state index contributed by atoms with van der Waals surface area (Å²) in [6.45, 7) is 9.55. The van der Waals surface area contributed by atoms with Gasteiger partial charge in [0.1, 0.15) is 0 Å². The van der Waals surface area contributed by atoms with Gasteiger partial charge in [0.2, 0.25) is 0 Å². The topological polar surface area (TPSA) is 3.24 Å². The molecule has 0 atom stereocenters. The predicted molar refractivity (Wildman–Crippen MR) is 215 cm³/mol. The molecule has 0 unspecified atom stereocenters. The smallest absolute Gasteiger partial charge is 0.0543 e. The van der Waals surface area contributed by atoms with Crippen LogP contribution < -0.4 is 4.90 Å². The van der Waals surface area contributed by atoms with Crippen LogP contribution in [0.3, 0.4) is 0 Å². The zero-order valence-electron chi connectivity index (χ0n) is 28.8. The van der Waals surface area contributed by atoms with E-state index in [1.165, 1.54) is 92.9 Å². The third-order valence-electron chi connectivity index (χ3n) is 11.5. The van der Waals surface area contributed by atoms with Crippen molar-refractivity contribution in [3.8, 4) is 33.4 Å². The molecule has 0 N–H and O–H groups in total. The van der Waals surface area contributed by atoms with Crippen molar-refractivity contribution in [1.82, 2.24) is 0 Å². The van der Waals surface area contributed by atoms with Gasteiger partial charge in [0.15, 0.2) is 0 Å². The van der Waals surface area contributed by atoms with Gasteiger partial charge in [-0.3, -0.25) is 0 Å². The molecule has 50 heavy (non-hydrogen) atoms. The highest BCUT2D eigenvalue weighted by Gasteiger charge is 2.41. The fraction of sp³-hybridized carbons (Fsp3) is 0.125. The van der Waals surface area contributed by atoms with Gasteiger partial charge >= 0.3 is 0 Å². The van der Waals surface area contributed by atoms with Gasteiger partial charge in [0.05, 0.1) is 17.1 Å². The number of anilines is 3. The van der Waals surface area contributed by atoms with E-state index < -0.39 is 0 Å². The molecule has 1 heterocycles. The Bertz CT molecular complexity index is 2670. The summed E-state index contributed by atoms with van der Waals surface area (Å²) in [5.74, 6) is 0. The Morgan fingerprint density at radius 3 is 1.84 bits per heavy atom. The van der Waals surface area contributed by atoms with Gasteiger partial charge in [-0.2, -0.15) is 0 Å². The lowest BCUT2D eigenvalue weighted by Gasteiger charge is -2.34. The van der Waals surface area contributed by atoms with Crippen molar-refractivity contribution < 1.29 is 0 Å². The van der Waals surface area contributed by atoms with Crippen LogP contribution >= 0.6 is 11.3 Å². The number of hydrogen-bond donors (Lipinski definition) is 0. The Hall–Kier alpha value is -5.44. The molecule has 10 rings (SSSR count). The zero-order valence-corrected chi connectivity index (χ0v) is 29.6. The van der Waals surface area contributed by atoms with Gasteiger partial charge < -0.3 is 4.90 Å². The van der Waals surface area contributed by atoms with Crippen LogP contribution in [0.2, 0.25) is 0 Å². The number of hydrogen-bond acceptors (Lipinski definition) is 2. The van der Waals surface area contributed by atoms with Crippen LogP contribution in [0.1, 0.15) is 49.9 Å². The molecule has 0 spiro atoms. The molecule has 0 saturated heterocycles. The molecule has 0 aliphatic heterocycles. The number of rotatable bonds is 4. The first-order valence-corrected chi connectivity index (χ1v) is 18.4. The highest BCUT2D eigenvalue weighted by atomic mass is 32.1. The molecular weight excluding hydrogens is 623 g/mol. The summed E-state index contributed by atoms with van der Waals surface area (Å²) in [7, 11) is 0. The standard InChI is InChI=1S/C48H37NS/c1-47(2)38-21-10-6-18-35(38)45-39(47)22-14-24-41(45)49(42-25-13-19-34-32-16-5-9-20-37(32)48(3,4)46(34)42)40-23-11-7-15-31(40)30-27-28-44-36(29-30)33-17-8-12-26-43(33)50-44/h5-29H,1-4H3. The first-order chi connectivity index (χ1) is 24.3. The van der Waals surface area contributed by atoms with Crippen LogP contribution in [0.5, 0.6) is 0 Å². The largest absolute Gasteiger partial charge is 0.309 e. The summed E-state index contributed by atoms with van der Waals surface area (Å²) in [6, 6.07) is 56.7. The van der Waals surface area contributed by atoms with E-state index in [0.717, 1.165) is 0 Å². The second kappa shape index (κ2) is 10.5. The van der Waals surface area contributed by atoms with Gasteiger partial charge in [-0.1, -0.05) is 143 Å². The van der Waals surface area contributed by atoms with Crippen molar-refractivity contribution >= 4 is 48.6 Å². The van der Waals surface area contributed by atoms with Gasteiger partial charge in [0.25, 0.3) is 0 Å². The van der Waals surface area contributed by atoms with E-state index in [0.29, 0.717) is 0 Å². The fourth-order valence-electron chi connectivity index (χ4n) is 9.12. The Morgan fingerprint density at radius 1 is 0.420 bits per heavy atom. The Labute approximate surface area is 298 Å². The molecule has 7 aromatic carbocycles. The fourth-order valence-corrected chi connectivity index (χ4v) is 10.2. The molecular formula is C48H37NS. The van der Waals surface area contributed by atoms with Crippen LogP contribution in [0.15, 0.2) is 152 Å². The summed E-state index contributed by atoms with van der Waals surface area (Å²) >= 11 is 1.87. The first kappa shape index (κ1) is 29.5. The Kier molecular flexibility index (Phi) is 6.21. The molecule has 8 aromatic rings. The van der Waals surface area contributed by atoms with Crippen molar-refractivity contribution in [2.45, 2.75) is 38.5 Å². The van der Waals surface area contributed by atoms with Gasteiger partial charge in [-0.15, -0.1) is 11.3 Å². The van der Waals surface area contributed by atoms with Gasteiger partial charge in [-0.25, -0.2) is 0 Å². The summed E-state index contributed by atoms with van der Waals surface area (Å²) in [5.41, 5.74) is 16.6. The Morgan fingerprint density at radius 2 is 1.00 bits per heavy atom. The lowest BCUT2D eigenvalue weighted by molar-refractivity contribution is 0.659. The molecule has 2 aliphatic rings. The van der Waals surface area contributed by atoms with Crippen molar-refractivity contribution in [3.63, 3.8) is 0 Å². The molecule has 0 bridgehead atoms.